The Morgan fingerprint density at radius 2 is 1.86 bits per heavy atom. The van der Waals surface area contributed by atoms with Crippen molar-refractivity contribution in [3.8, 4) is 5.75 Å². The van der Waals surface area contributed by atoms with Gasteiger partial charge in [-0.25, -0.2) is 14.4 Å². The van der Waals surface area contributed by atoms with Crippen LogP contribution in [0.2, 0.25) is 5.02 Å². The van der Waals surface area contributed by atoms with Gasteiger partial charge in [0.2, 0.25) is 23.6 Å². The standard InChI is InChI=1S/C41H40ClFN8O7S/c1-58-32-21-29-26(38(45-22-44-29)47-24-9-10-28(43)27(42)19-24)20-30(32)48-35(53)7-3-15-50-16-13-23(14-17-50)46-34(52)8-4-18-59-33-6-2-5-25-37(33)41(57)51(40(25)56)31-11-12-36(54)49-39(31)55/h2-3,5-7,9-10,19-23,31H,4,8,11-18H2,1H3,(H,46,52)(H,48,53)(H,44,45,47)(H,49,54,55)/b7-3+. The van der Waals surface area contributed by atoms with Crippen molar-refractivity contribution < 1.29 is 37.9 Å². The van der Waals surface area contributed by atoms with Crippen LogP contribution in [-0.2, 0) is 19.2 Å². The van der Waals surface area contributed by atoms with E-state index >= 15 is 0 Å². The maximum absolute atomic E-state index is 13.7. The Morgan fingerprint density at radius 3 is 2.63 bits per heavy atom. The summed E-state index contributed by atoms with van der Waals surface area (Å²) in [6.45, 7) is 2.02. The molecule has 4 aromatic rings. The number of halogens is 2. The first kappa shape index (κ1) is 41.3. The van der Waals surface area contributed by atoms with Gasteiger partial charge < -0.3 is 20.7 Å². The van der Waals surface area contributed by atoms with E-state index in [1.165, 1.54) is 49.5 Å². The molecule has 0 saturated carbocycles. The van der Waals surface area contributed by atoms with Gasteiger partial charge in [0.15, 0.2) is 0 Å². The fraction of sp³-hybridized carbons (Fsp3) is 0.317. The molecule has 306 valence electrons. The lowest BCUT2D eigenvalue weighted by atomic mass is 10.0. The molecule has 2 saturated heterocycles. The lowest BCUT2D eigenvalue weighted by Gasteiger charge is -2.31. The Balaban J connectivity index is 0.838. The minimum Gasteiger partial charge on any atom is -0.494 e. The van der Waals surface area contributed by atoms with Crippen LogP contribution < -0.4 is 26.0 Å². The smallest absolute Gasteiger partial charge is 0.263 e. The van der Waals surface area contributed by atoms with E-state index in [0.29, 0.717) is 63.9 Å². The zero-order chi connectivity index (χ0) is 41.6. The highest BCUT2D eigenvalue weighted by molar-refractivity contribution is 7.99. The number of piperidine rings is 2. The van der Waals surface area contributed by atoms with Crippen molar-refractivity contribution in [2.75, 3.05) is 43.1 Å². The molecule has 18 heteroatoms. The fourth-order valence-corrected chi connectivity index (χ4v) is 8.43. The second-order valence-corrected chi connectivity index (χ2v) is 15.7. The number of nitrogens with zero attached hydrogens (tertiary/aromatic N) is 4. The molecule has 7 rings (SSSR count). The van der Waals surface area contributed by atoms with Gasteiger partial charge in [0.05, 0.1) is 34.5 Å². The van der Waals surface area contributed by atoms with Crippen molar-refractivity contribution in [3.05, 3.63) is 89.0 Å². The Kier molecular flexibility index (Phi) is 12.8. The number of benzene rings is 3. The Hall–Kier alpha value is -5.91. The molecule has 4 N–H and O–H groups in total. The molecule has 0 radical (unpaired) electrons. The number of hydrogen-bond donors (Lipinski definition) is 4. The van der Waals surface area contributed by atoms with Crippen LogP contribution in [0.5, 0.6) is 5.75 Å². The summed E-state index contributed by atoms with van der Waals surface area (Å²) in [5.74, 6) is -1.78. The minimum absolute atomic E-state index is 0.0294. The van der Waals surface area contributed by atoms with Crippen LogP contribution in [0.3, 0.4) is 0 Å². The SMILES string of the molecule is COc1cc2ncnc(Nc3ccc(F)c(Cl)c3)c2cc1NC(=O)/C=C/CN1CCC(NC(=O)CCCSc2cccc3c2C(=O)N(C2CCC(=O)NC2=O)C3=O)CC1. The van der Waals surface area contributed by atoms with Crippen molar-refractivity contribution in [2.45, 2.75) is 55.5 Å². The third-order valence-electron chi connectivity index (χ3n) is 10.2. The van der Waals surface area contributed by atoms with Crippen LogP contribution in [-0.4, -0.2) is 99.8 Å². The highest BCUT2D eigenvalue weighted by atomic mass is 35.5. The van der Waals surface area contributed by atoms with Gasteiger partial charge in [-0.15, -0.1) is 11.8 Å². The predicted molar refractivity (Wildman–Crippen MR) is 219 cm³/mol. The topological polar surface area (TPSA) is 192 Å². The van der Waals surface area contributed by atoms with Crippen LogP contribution in [0, 0.1) is 5.82 Å². The molecule has 0 spiro atoms. The minimum atomic E-state index is -1.03. The second kappa shape index (κ2) is 18.3. The van der Waals surface area contributed by atoms with Crippen LogP contribution in [0.1, 0.15) is 59.2 Å². The number of carbonyl (C=O) groups is 6. The maximum Gasteiger partial charge on any atom is 0.263 e. The number of aromatic nitrogens is 2. The molecule has 1 aromatic heterocycles. The summed E-state index contributed by atoms with van der Waals surface area (Å²) < 4.78 is 19.2. The van der Waals surface area contributed by atoms with Gasteiger partial charge in [0.1, 0.15) is 29.8 Å². The summed E-state index contributed by atoms with van der Waals surface area (Å²) in [6, 6.07) is 11.6. The van der Waals surface area contributed by atoms with Crippen LogP contribution in [0.15, 0.2) is 71.9 Å². The van der Waals surface area contributed by atoms with E-state index in [1.807, 2.05) is 0 Å². The van der Waals surface area contributed by atoms with Crippen molar-refractivity contribution in [1.29, 1.82) is 0 Å². The molecule has 0 aliphatic carbocycles. The van der Waals surface area contributed by atoms with Crippen molar-refractivity contribution in [3.63, 3.8) is 0 Å². The molecule has 0 bridgehead atoms. The van der Waals surface area contributed by atoms with Crippen molar-refractivity contribution >= 4 is 86.9 Å². The van der Waals surface area contributed by atoms with Crippen LogP contribution in [0.4, 0.5) is 21.6 Å². The first-order chi connectivity index (χ1) is 28.5. The molecular weight excluding hydrogens is 803 g/mol. The first-order valence-corrected chi connectivity index (χ1v) is 20.4. The lowest BCUT2D eigenvalue weighted by molar-refractivity contribution is -0.136. The zero-order valence-electron chi connectivity index (χ0n) is 31.9. The van der Waals surface area contributed by atoms with Gasteiger partial charge in [-0.2, -0.15) is 0 Å². The number of ether oxygens (including phenoxy) is 1. The molecule has 1 atom stereocenters. The predicted octanol–water partition coefficient (Wildman–Crippen LogP) is 5.22. The van der Waals surface area contributed by atoms with Gasteiger partial charge in [-0.1, -0.05) is 23.7 Å². The summed E-state index contributed by atoms with van der Waals surface area (Å²) in [4.78, 5) is 88.6. The van der Waals surface area contributed by atoms with Gasteiger partial charge in [0.25, 0.3) is 11.8 Å². The van der Waals surface area contributed by atoms with Crippen molar-refractivity contribution in [2.24, 2.45) is 0 Å². The largest absolute Gasteiger partial charge is 0.494 e. The summed E-state index contributed by atoms with van der Waals surface area (Å²) in [6.07, 6.45) is 7.12. The average molecular weight is 843 g/mol. The number of rotatable bonds is 14. The average Bonchev–Trinajstić information content (AvgIpc) is 3.47. The number of hydrogen-bond acceptors (Lipinski definition) is 12. The van der Waals surface area contributed by atoms with E-state index in [9.17, 15) is 33.2 Å². The molecule has 6 amide bonds. The van der Waals surface area contributed by atoms with E-state index in [-0.39, 0.29) is 46.8 Å². The summed E-state index contributed by atoms with van der Waals surface area (Å²) in [5, 5.41) is 11.9. The summed E-state index contributed by atoms with van der Waals surface area (Å²) in [5.41, 5.74) is 1.97. The molecule has 3 aliphatic heterocycles. The fourth-order valence-electron chi connectivity index (χ4n) is 7.22. The maximum atomic E-state index is 13.7. The van der Waals surface area contributed by atoms with Gasteiger partial charge in [0, 0.05) is 66.6 Å². The number of likely N-dealkylation sites (tertiary alicyclic amines) is 1. The van der Waals surface area contributed by atoms with Crippen LogP contribution in [0.25, 0.3) is 10.9 Å². The normalized spacial score (nSPS) is 17.3. The number of anilines is 3. The number of carbonyl (C=O) groups excluding carboxylic acids is 6. The number of methoxy groups -OCH3 is 1. The first-order valence-electron chi connectivity index (χ1n) is 19.0. The molecule has 3 aromatic carbocycles. The number of amides is 6. The lowest BCUT2D eigenvalue weighted by Crippen LogP contribution is -2.54. The van der Waals surface area contributed by atoms with E-state index in [4.69, 9.17) is 16.3 Å². The molecule has 15 nitrogen and oxygen atoms in total. The number of thioether (sulfide) groups is 1. The number of fused-ring (bicyclic) bond motifs is 2. The van der Waals surface area contributed by atoms with E-state index < -0.39 is 35.5 Å². The Bertz CT molecular complexity index is 2370. The quantitative estimate of drug-likeness (QED) is 0.0561. The van der Waals surface area contributed by atoms with Crippen LogP contribution >= 0.6 is 23.4 Å². The Labute approximate surface area is 347 Å². The summed E-state index contributed by atoms with van der Waals surface area (Å²) >= 11 is 7.33. The van der Waals surface area contributed by atoms with E-state index in [0.717, 1.165) is 30.8 Å². The van der Waals surface area contributed by atoms with Crippen molar-refractivity contribution in [1.82, 2.24) is 30.4 Å². The molecule has 1 unspecified atom stereocenters. The number of imide groups is 2. The van der Waals surface area contributed by atoms with Gasteiger partial charge >= 0.3 is 0 Å². The Morgan fingerprint density at radius 1 is 1.05 bits per heavy atom. The van der Waals surface area contributed by atoms with E-state index in [2.05, 4.69) is 36.1 Å². The number of nitrogens with one attached hydrogen (secondary N) is 4. The molecule has 59 heavy (non-hydrogen) atoms. The highest BCUT2D eigenvalue weighted by Crippen LogP contribution is 2.36. The van der Waals surface area contributed by atoms with E-state index in [1.54, 1.807) is 36.4 Å². The zero-order valence-corrected chi connectivity index (χ0v) is 33.5. The monoisotopic (exact) mass is 842 g/mol. The molecule has 3 aliphatic rings. The third kappa shape index (κ3) is 9.53. The molecule has 4 heterocycles. The van der Waals surface area contributed by atoms with Gasteiger partial charge in [-0.05, 0) is 67.8 Å². The highest BCUT2D eigenvalue weighted by Gasteiger charge is 2.45. The van der Waals surface area contributed by atoms with Gasteiger partial charge in [-0.3, -0.25) is 43.9 Å². The third-order valence-corrected chi connectivity index (χ3v) is 11.7. The molecule has 2 fully saturated rings. The summed E-state index contributed by atoms with van der Waals surface area (Å²) in [7, 11) is 1.49. The molecular formula is C41H40ClFN8O7S. The second-order valence-electron chi connectivity index (χ2n) is 14.2.